The lowest BCUT2D eigenvalue weighted by molar-refractivity contribution is -0.384. The molecule has 0 aliphatic rings. The maximum atomic E-state index is 10.8. The highest BCUT2D eigenvalue weighted by Gasteiger charge is 2.12. The van der Waals surface area contributed by atoms with Gasteiger partial charge in [0.25, 0.3) is 5.69 Å². The number of benzene rings is 2. The lowest BCUT2D eigenvalue weighted by Crippen LogP contribution is -1.88. The van der Waals surface area contributed by atoms with E-state index in [-0.39, 0.29) is 5.69 Å². The standard InChI is InChI=1S/C19H12ClN3O3S/c20-13-3-5-14(6-4-13)21-19-22-16(11-27-19)18-10-9-17(26-18)12-1-7-15(8-2-12)23(24)25/h1-11H,(H,21,22). The van der Waals surface area contributed by atoms with Gasteiger partial charge in [-0.15, -0.1) is 11.3 Å². The molecule has 0 aliphatic heterocycles. The van der Waals surface area contributed by atoms with Crippen LogP contribution in [0.25, 0.3) is 22.8 Å². The molecule has 6 nitrogen and oxygen atoms in total. The molecule has 1 N–H and O–H groups in total. The minimum absolute atomic E-state index is 0.0444. The molecule has 134 valence electrons. The van der Waals surface area contributed by atoms with Crippen LogP contribution in [0.15, 0.2) is 70.5 Å². The Bertz CT molecular complexity index is 1090. The van der Waals surface area contributed by atoms with Crippen molar-refractivity contribution in [2.24, 2.45) is 0 Å². The van der Waals surface area contributed by atoms with Crippen molar-refractivity contribution in [1.29, 1.82) is 0 Å². The van der Waals surface area contributed by atoms with Crippen LogP contribution < -0.4 is 5.32 Å². The monoisotopic (exact) mass is 397 g/mol. The Morgan fingerprint density at radius 2 is 1.70 bits per heavy atom. The quantitative estimate of drug-likeness (QED) is 0.312. The Morgan fingerprint density at radius 3 is 2.41 bits per heavy atom. The van der Waals surface area contributed by atoms with E-state index in [1.54, 1.807) is 24.3 Å². The highest BCUT2D eigenvalue weighted by molar-refractivity contribution is 7.14. The van der Waals surface area contributed by atoms with Crippen LogP contribution in [0, 0.1) is 10.1 Å². The predicted molar refractivity (Wildman–Crippen MR) is 107 cm³/mol. The van der Waals surface area contributed by atoms with E-state index in [4.69, 9.17) is 16.0 Å². The normalized spacial score (nSPS) is 10.7. The molecule has 0 fully saturated rings. The number of nitro benzene ring substituents is 1. The van der Waals surface area contributed by atoms with E-state index in [1.165, 1.54) is 23.5 Å². The summed E-state index contributed by atoms with van der Waals surface area (Å²) < 4.78 is 5.86. The fourth-order valence-corrected chi connectivity index (χ4v) is 3.33. The number of hydrogen-bond donors (Lipinski definition) is 1. The van der Waals surface area contributed by atoms with E-state index < -0.39 is 4.92 Å². The molecule has 2 aromatic heterocycles. The molecule has 0 saturated heterocycles. The second kappa shape index (κ2) is 7.22. The van der Waals surface area contributed by atoms with E-state index in [9.17, 15) is 10.1 Å². The van der Waals surface area contributed by atoms with Crippen LogP contribution in [0.1, 0.15) is 0 Å². The second-order valence-corrected chi connectivity index (χ2v) is 6.93. The third-order valence-electron chi connectivity index (χ3n) is 3.82. The molecule has 4 rings (SSSR count). The van der Waals surface area contributed by atoms with Gasteiger partial charge in [-0.25, -0.2) is 4.98 Å². The van der Waals surface area contributed by atoms with Gasteiger partial charge in [0.15, 0.2) is 10.9 Å². The molecule has 2 aromatic carbocycles. The highest BCUT2D eigenvalue weighted by Crippen LogP contribution is 2.32. The zero-order chi connectivity index (χ0) is 18.8. The van der Waals surface area contributed by atoms with Crippen LogP contribution in [0.5, 0.6) is 0 Å². The summed E-state index contributed by atoms with van der Waals surface area (Å²) in [5, 5.41) is 17.3. The highest BCUT2D eigenvalue weighted by atomic mass is 35.5. The third kappa shape index (κ3) is 3.84. The van der Waals surface area contributed by atoms with Crippen LogP contribution >= 0.6 is 22.9 Å². The maximum Gasteiger partial charge on any atom is 0.269 e. The minimum Gasteiger partial charge on any atom is -0.454 e. The summed E-state index contributed by atoms with van der Waals surface area (Å²) in [6, 6.07) is 17.3. The average molecular weight is 398 g/mol. The van der Waals surface area contributed by atoms with Crippen LogP contribution in [-0.4, -0.2) is 9.91 Å². The van der Waals surface area contributed by atoms with Crippen molar-refractivity contribution < 1.29 is 9.34 Å². The Kier molecular flexibility index (Phi) is 4.62. The molecule has 2 heterocycles. The molecular weight excluding hydrogens is 386 g/mol. The smallest absolute Gasteiger partial charge is 0.269 e. The third-order valence-corrected chi connectivity index (χ3v) is 4.83. The summed E-state index contributed by atoms with van der Waals surface area (Å²) in [6.07, 6.45) is 0. The molecular formula is C19H12ClN3O3S. The first-order valence-electron chi connectivity index (χ1n) is 7.92. The van der Waals surface area contributed by atoms with Gasteiger partial charge in [0.05, 0.1) is 4.92 Å². The maximum absolute atomic E-state index is 10.8. The molecule has 0 unspecified atom stereocenters. The van der Waals surface area contributed by atoms with Crippen molar-refractivity contribution in [3.8, 4) is 22.8 Å². The summed E-state index contributed by atoms with van der Waals surface area (Å²) in [6.45, 7) is 0. The number of hydrogen-bond acceptors (Lipinski definition) is 6. The first-order valence-corrected chi connectivity index (χ1v) is 9.17. The van der Waals surface area contributed by atoms with E-state index in [1.807, 2.05) is 29.6 Å². The molecule has 0 aliphatic carbocycles. The number of furan rings is 1. The van der Waals surface area contributed by atoms with Gasteiger partial charge >= 0.3 is 0 Å². The number of nitrogens with one attached hydrogen (secondary N) is 1. The number of thiazole rings is 1. The largest absolute Gasteiger partial charge is 0.454 e. The molecule has 4 aromatic rings. The average Bonchev–Trinajstić information content (AvgIpc) is 3.33. The van der Waals surface area contributed by atoms with Gasteiger partial charge in [0, 0.05) is 33.8 Å². The van der Waals surface area contributed by atoms with Crippen LogP contribution in [-0.2, 0) is 0 Å². The molecule has 0 saturated carbocycles. The lowest BCUT2D eigenvalue weighted by atomic mass is 10.1. The lowest BCUT2D eigenvalue weighted by Gasteiger charge is -2.01. The van der Waals surface area contributed by atoms with Crippen molar-refractivity contribution in [2.45, 2.75) is 0 Å². The SMILES string of the molecule is O=[N+]([O-])c1ccc(-c2ccc(-c3csc(Nc4ccc(Cl)cc4)n3)o2)cc1. The van der Waals surface area contributed by atoms with Gasteiger partial charge in [-0.2, -0.15) is 0 Å². The van der Waals surface area contributed by atoms with Crippen LogP contribution in [0.4, 0.5) is 16.5 Å². The van der Waals surface area contributed by atoms with Crippen molar-refractivity contribution in [1.82, 2.24) is 4.98 Å². The Hall–Kier alpha value is -3.16. The van der Waals surface area contributed by atoms with Crippen molar-refractivity contribution in [3.63, 3.8) is 0 Å². The molecule has 0 spiro atoms. The van der Waals surface area contributed by atoms with Gasteiger partial charge in [-0.05, 0) is 48.5 Å². The summed E-state index contributed by atoms with van der Waals surface area (Å²) in [5.41, 5.74) is 2.42. The fraction of sp³-hybridized carbons (Fsp3) is 0. The Balaban J connectivity index is 1.52. The minimum atomic E-state index is -0.429. The number of halogens is 1. The molecule has 8 heteroatoms. The summed E-state index contributed by atoms with van der Waals surface area (Å²) in [7, 11) is 0. The topological polar surface area (TPSA) is 81.2 Å². The number of nitro groups is 1. The van der Waals surface area contributed by atoms with E-state index in [2.05, 4.69) is 10.3 Å². The zero-order valence-corrected chi connectivity index (χ0v) is 15.3. The predicted octanol–water partition coefficient (Wildman–Crippen LogP) is 6.38. The number of anilines is 2. The molecule has 0 atom stereocenters. The zero-order valence-electron chi connectivity index (χ0n) is 13.8. The first kappa shape index (κ1) is 17.3. The van der Waals surface area contributed by atoms with Gasteiger partial charge in [-0.3, -0.25) is 10.1 Å². The first-order chi connectivity index (χ1) is 13.1. The fourth-order valence-electron chi connectivity index (χ4n) is 2.48. The van der Waals surface area contributed by atoms with Crippen LogP contribution in [0.3, 0.4) is 0 Å². The van der Waals surface area contributed by atoms with E-state index in [0.717, 1.165) is 16.4 Å². The summed E-state index contributed by atoms with van der Waals surface area (Å²) >= 11 is 7.35. The van der Waals surface area contributed by atoms with Gasteiger partial charge in [0.2, 0.25) is 0 Å². The summed E-state index contributed by atoms with van der Waals surface area (Å²) in [4.78, 5) is 14.9. The van der Waals surface area contributed by atoms with E-state index in [0.29, 0.717) is 22.2 Å². The molecule has 0 amide bonds. The second-order valence-electron chi connectivity index (χ2n) is 5.64. The number of non-ortho nitro benzene ring substituents is 1. The molecule has 0 radical (unpaired) electrons. The number of rotatable bonds is 5. The van der Waals surface area contributed by atoms with Crippen molar-refractivity contribution in [2.75, 3.05) is 5.32 Å². The Labute approximate surface area is 163 Å². The number of nitrogens with zero attached hydrogens (tertiary/aromatic N) is 2. The summed E-state index contributed by atoms with van der Waals surface area (Å²) in [5.74, 6) is 1.25. The van der Waals surface area contributed by atoms with Crippen molar-refractivity contribution >= 4 is 39.4 Å². The molecule has 27 heavy (non-hydrogen) atoms. The van der Waals surface area contributed by atoms with E-state index >= 15 is 0 Å². The van der Waals surface area contributed by atoms with Crippen LogP contribution in [0.2, 0.25) is 5.02 Å². The molecule has 0 bridgehead atoms. The van der Waals surface area contributed by atoms with Gasteiger partial charge in [-0.1, -0.05) is 11.6 Å². The number of aromatic nitrogens is 1. The van der Waals surface area contributed by atoms with Gasteiger partial charge in [0.1, 0.15) is 11.5 Å². The van der Waals surface area contributed by atoms with Gasteiger partial charge < -0.3 is 9.73 Å². The van der Waals surface area contributed by atoms with Crippen molar-refractivity contribution in [3.05, 3.63) is 81.2 Å². The Morgan fingerprint density at radius 1 is 1.00 bits per heavy atom.